The number of rotatable bonds is 7. The third-order valence-electron chi connectivity index (χ3n) is 5.39. The molecule has 2 amide bonds. The number of fused-ring (bicyclic) bond motifs is 1. The fraction of sp³-hybridized carbons (Fsp3) is 0.217. The van der Waals surface area contributed by atoms with Gasteiger partial charge in [0.2, 0.25) is 5.91 Å². The number of carbonyl (C=O) groups is 2. The highest BCUT2D eigenvalue weighted by atomic mass is 16.5. The van der Waals surface area contributed by atoms with E-state index in [1.807, 2.05) is 30.3 Å². The van der Waals surface area contributed by atoms with E-state index < -0.39 is 5.91 Å². The van der Waals surface area contributed by atoms with E-state index in [1.54, 1.807) is 19.2 Å². The van der Waals surface area contributed by atoms with Crippen molar-refractivity contribution >= 4 is 17.6 Å². The third-order valence-corrected chi connectivity index (χ3v) is 5.39. The van der Waals surface area contributed by atoms with Crippen molar-refractivity contribution in [3.05, 3.63) is 71.0 Å². The number of primary amides is 1. The lowest BCUT2D eigenvalue weighted by molar-refractivity contribution is 0.0964. The molecular weight excluding hydrogens is 394 g/mol. The Labute approximate surface area is 179 Å². The highest BCUT2D eigenvalue weighted by Crippen LogP contribution is 2.29. The van der Waals surface area contributed by atoms with E-state index in [0.717, 1.165) is 22.4 Å². The van der Waals surface area contributed by atoms with Gasteiger partial charge >= 0.3 is 0 Å². The highest BCUT2D eigenvalue weighted by Gasteiger charge is 2.19. The van der Waals surface area contributed by atoms with Crippen LogP contribution in [0.5, 0.6) is 5.75 Å². The molecule has 0 aliphatic carbocycles. The van der Waals surface area contributed by atoms with Gasteiger partial charge in [-0.25, -0.2) is 9.97 Å². The van der Waals surface area contributed by atoms with E-state index in [2.05, 4.69) is 27.5 Å². The fourth-order valence-electron chi connectivity index (χ4n) is 3.64. The largest absolute Gasteiger partial charge is 0.496 e. The van der Waals surface area contributed by atoms with Crippen LogP contribution in [-0.2, 0) is 6.54 Å². The molecule has 4 rings (SSSR count). The van der Waals surface area contributed by atoms with Crippen molar-refractivity contribution in [2.75, 3.05) is 19.0 Å². The van der Waals surface area contributed by atoms with Crippen molar-refractivity contribution in [1.29, 1.82) is 0 Å². The Morgan fingerprint density at radius 1 is 1.23 bits per heavy atom. The molecule has 0 saturated heterocycles. The lowest BCUT2D eigenvalue weighted by Gasteiger charge is -2.17. The van der Waals surface area contributed by atoms with Crippen LogP contribution in [0.25, 0.3) is 11.3 Å². The number of nitrogens with zero attached hydrogens (tertiary/aromatic N) is 2. The van der Waals surface area contributed by atoms with E-state index in [-0.39, 0.29) is 11.8 Å². The number of benzene rings is 2. The van der Waals surface area contributed by atoms with Gasteiger partial charge in [-0.1, -0.05) is 19.1 Å². The van der Waals surface area contributed by atoms with Gasteiger partial charge in [0.25, 0.3) is 5.91 Å². The van der Waals surface area contributed by atoms with Crippen molar-refractivity contribution in [2.45, 2.75) is 19.4 Å². The van der Waals surface area contributed by atoms with Crippen molar-refractivity contribution in [2.24, 2.45) is 5.73 Å². The predicted octanol–water partition coefficient (Wildman–Crippen LogP) is 2.71. The van der Waals surface area contributed by atoms with Crippen molar-refractivity contribution < 1.29 is 14.3 Å². The Kier molecular flexibility index (Phi) is 5.53. The maximum absolute atomic E-state index is 11.8. The fourth-order valence-corrected chi connectivity index (χ4v) is 3.64. The second-order valence-corrected chi connectivity index (χ2v) is 7.45. The topological polar surface area (TPSA) is 119 Å². The average Bonchev–Trinajstić information content (AvgIpc) is 3.17. The molecule has 4 N–H and O–H groups in total. The van der Waals surface area contributed by atoms with Crippen LogP contribution in [0.3, 0.4) is 0 Å². The van der Waals surface area contributed by atoms with E-state index in [0.29, 0.717) is 35.8 Å². The molecule has 0 unspecified atom stereocenters. The molecule has 0 bridgehead atoms. The molecule has 1 aliphatic heterocycles. The minimum atomic E-state index is -0.490. The number of nitrogens with two attached hydrogens (primary N) is 1. The number of hydrogen-bond acceptors (Lipinski definition) is 6. The normalized spacial score (nSPS) is 13.3. The second kappa shape index (κ2) is 8.43. The molecule has 0 spiro atoms. The minimum Gasteiger partial charge on any atom is -0.496 e. The van der Waals surface area contributed by atoms with Crippen LogP contribution < -0.4 is 21.1 Å². The first kappa shape index (κ1) is 20.3. The summed E-state index contributed by atoms with van der Waals surface area (Å²) < 4.78 is 5.44. The van der Waals surface area contributed by atoms with Crippen LogP contribution in [0, 0.1) is 0 Å². The van der Waals surface area contributed by atoms with Crippen molar-refractivity contribution in [3.63, 3.8) is 0 Å². The number of ether oxygens (including phenoxy) is 1. The summed E-state index contributed by atoms with van der Waals surface area (Å²) in [7, 11) is 1.57. The maximum Gasteiger partial charge on any atom is 0.251 e. The minimum absolute atomic E-state index is 0.0418. The lowest BCUT2D eigenvalue weighted by atomic mass is 9.98. The number of anilines is 1. The van der Waals surface area contributed by atoms with Crippen molar-refractivity contribution in [1.82, 2.24) is 15.3 Å². The number of methoxy groups -OCH3 is 1. The summed E-state index contributed by atoms with van der Waals surface area (Å²) in [5, 5.41) is 6.16. The molecule has 0 saturated carbocycles. The van der Waals surface area contributed by atoms with E-state index in [9.17, 15) is 9.59 Å². The molecule has 1 aromatic heterocycles. The Bertz CT molecular complexity index is 1160. The first-order valence-corrected chi connectivity index (χ1v) is 9.91. The average molecular weight is 417 g/mol. The van der Waals surface area contributed by atoms with Gasteiger partial charge in [-0.15, -0.1) is 0 Å². The van der Waals surface area contributed by atoms with Gasteiger partial charge in [0.15, 0.2) is 0 Å². The molecule has 158 valence electrons. The van der Waals surface area contributed by atoms with Gasteiger partial charge in [-0.3, -0.25) is 9.59 Å². The number of amides is 2. The number of aromatic nitrogens is 2. The van der Waals surface area contributed by atoms with Crippen molar-refractivity contribution in [3.8, 4) is 17.0 Å². The van der Waals surface area contributed by atoms with Crippen LogP contribution >= 0.6 is 0 Å². The van der Waals surface area contributed by atoms with Gasteiger partial charge in [0.1, 0.15) is 17.9 Å². The molecule has 1 atom stereocenters. The smallest absolute Gasteiger partial charge is 0.251 e. The molecule has 31 heavy (non-hydrogen) atoms. The summed E-state index contributed by atoms with van der Waals surface area (Å²) in [5.74, 6) is 0.873. The van der Waals surface area contributed by atoms with E-state index in [4.69, 9.17) is 10.5 Å². The molecule has 8 nitrogen and oxygen atoms in total. The summed E-state index contributed by atoms with van der Waals surface area (Å²) in [6.07, 6.45) is 1.52. The molecule has 0 fully saturated rings. The SMILES string of the molecule is COc1cc(C(N)=O)ccc1[C@H](C)CNc1cc(-c2ccc3c(c2)CNC3=O)ncn1. The standard InChI is InChI=1S/C23H23N5O3/c1-13(17-5-4-15(22(24)29)8-20(17)31-2)10-25-21-9-19(27-12-28-21)14-3-6-18-16(7-14)11-26-23(18)30/h3-9,12-13H,10-11H2,1-2H3,(H2,24,29)(H,26,30)(H,25,27,28)/t13-/m1/s1. The van der Waals surface area contributed by atoms with Gasteiger partial charge < -0.3 is 21.1 Å². The quantitative estimate of drug-likeness (QED) is 0.544. The maximum atomic E-state index is 11.8. The van der Waals surface area contributed by atoms with Crippen LogP contribution in [0.1, 0.15) is 44.7 Å². The molecular formula is C23H23N5O3. The third kappa shape index (κ3) is 4.18. The Hall–Kier alpha value is -3.94. The van der Waals surface area contributed by atoms with Crippen LogP contribution in [0.2, 0.25) is 0 Å². The summed E-state index contributed by atoms with van der Waals surface area (Å²) in [4.78, 5) is 31.8. The number of nitrogens with one attached hydrogen (secondary N) is 2. The number of carbonyl (C=O) groups excluding carboxylic acids is 2. The monoisotopic (exact) mass is 417 g/mol. The van der Waals surface area contributed by atoms with Crippen LogP contribution in [0.4, 0.5) is 5.82 Å². The summed E-state index contributed by atoms with van der Waals surface area (Å²) in [6, 6.07) is 12.8. The second-order valence-electron chi connectivity index (χ2n) is 7.45. The Morgan fingerprint density at radius 2 is 2.06 bits per heavy atom. The predicted molar refractivity (Wildman–Crippen MR) is 117 cm³/mol. The zero-order chi connectivity index (χ0) is 22.0. The zero-order valence-corrected chi connectivity index (χ0v) is 17.3. The Morgan fingerprint density at radius 3 is 2.84 bits per heavy atom. The van der Waals surface area contributed by atoms with Gasteiger partial charge in [0, 0.05) is 41.8 Å². The molecule has 2 aromatic carbocycles. The summed E-state index contributed by atoms with van der Waals surface area (Å²) in [6.45, 7) is 3.19. The molecule has 2 heterocycles. The highest BCUT2D eigenvalue weighted by molar-refractivity contribution is 5.98. The van der Waals surface area contributed by atoms with E-state index >= 15 is 0 Å². The molecule has 3 aromatic rings. The molecule has 1 aliphatic rings. The van der Waals surface area contributed by atoms with Crippen LogP contribution in [-0.4, -0.2) is 35.4 Å². The molecule has 0 radical (unpaired) electrons. The van der Waals surface area contributed by atoms with Gasteiger partial charge in [-0.05, 0) is 35.4 Å². The molecule has 8 heteroatoms. The summed E-state index contributed by atoms with van der Waals surface area (Å²) in [5.41, 5.74) is 10.1. The first-order valence-electron chi connectivity index (χ1n) is 9.91. The summed E-state index contributed by atoms with van der Waals surface area (Å²) >= 11 is 0. The lowest BCUT2D eigenvalue weighted by Crippen LogP contribution is -2.14. The van der Waals surface area contributed by atoms with E-state index in [1.165, 1.54) is 6.33 Å². The zero-order valence-electron chi connectivity index (χ0n) is 17.3. The van der Waals surface area contributed by atoms with Gasteiger partial charge in [-0.2, -0.15) is 0 Å². The number of hydrogen-bond donors (Lipinski definition) is 3. The van der Waals surface area contributed by atoms with Crippen LogP contribution in [0.15, 0.2) is 48.8 Å². The Balaban J connectivity index is 1.49. The van der Waals surface area contributed by atoms with Gasteiger partial charge in [0.05, 0.1) is 12.8 Å². The first-order chi connectivity index (χ1) is 15.0.